The van der Waals surface area contributed by atoms with Gasteiger partial charge in [0.25, 0.3) is 5.91 Å². The van der Waals surface area contributed by atoms with Crippen molar-refractivity contribution in [3.63, 3.8) is 0 Å². The predicted molar refractivity (Wildman–Crippen MR) is 111 cm³/mol. The van der Waals surface area contributed by atoms with Crippen molar-refractivity contribution in [1.82, 2.24) is 14.8 Å². The highest BCUT2D eigenvalue weighted by Gasteiger charge is 2.28. The molecule has 1 fully saturated rings. The van der Waals surface area contributed by atoms with Crippen LogP contribution in [0.2, 0.25) is 0 Å². The van der Waals surface area contributed by atoms with Gasteiger partial charge < -0.3 is 4.90 Å². The van der Waals surface area contributed by atoms with Crippen LogP contribution >= 0.6 is 11.3 Å². The molecule has 1 aromatic heterocycles. The summed E-state index contributed by atoms with van der Waals surface area (Å²) >= 11 is 1.83. The summed E-state index contributed by atoms with van der Waals surface area (Å²) < 4.78 is 0. The molecule has 7 heteroatoms. The first-order valence-electron chi connectivity index (χ1n) is 9.60. The van der Waals surface area contributed by atoms with Gasteiger partial charge in [0, 0.05) is 62.4 Å². The minimum atomic E-state index is -0.0350. The van der Waals surface area contributed by atoms with Crippen LogP contribution in [0.3, 0.4) is 0 Å². The maximum absolute atomic E-state index is 12.7. The van der Waals surface area contributed by atoms with E-state index >= 15 is 0 Å². The molecule has 2 aliphatic rings. The monoisotopic (exact) mass is 396 g/mol. The van der Waals surface area contributed by atoms with Gasteiger partial charge in [-0.2, -0.15) is 5.10 Å². The molecule has 28 heavy (non-hydrogen) atoms. The van der Waals surface area contributed by atoms with Gasteiger partial charge in [-0.05, 0) is 17.7 Å². The topological polar surface area (TPSA) is 56.2 Å². The molecule has 0 unspecified atom stereocenters. The van der Waals surface area contributed by atoms with Gasteiger partial charge in [0.1, 0.15) is 5.71 Å². The van der Waals surface area contributed by atoms with Crippen LogP contribution in [0.15, 0.2) is 47.6 Å². The van der Waals surface area contributed by atoms with E-state index in [1.807, 2.05) is 22.3 Å². The standard InChI is InChI=1S/C21H24N4O2S/c1-23-20(26)10-8-18(22-23)21(27)25-13-11-24(12-14-25)15-17-7-9-19(28-17)16-5-3-2-4-6-16/h2-7,9H,8,10-15H2,1H3. The summed E-state index contributed by atoms with van der Waals surface area (Å²) in [5.41, 5.74) is 1.76. The SMILES string of the molecule is CN1N=C(C(=O)N2CCN(Cc3ccc(-c4ccccc4)s3)CC2)CCC1=O. The summed E-state index contributed by atoms with van der Waals surface area (Å²) in [6, 6.07) is 14.8. The first-order valence-corrected chi connectivity index (χ1v) is 10.4. The molecule has 0 radical (unpaired) electrons. The van der Waals surface area contributed by atoms with E-state index in [1.165, 1.54) is 20.3 Å². The summed E-state index contributed by atoms with van der Waals surface area (Å²) in [5, 5.41) is 5.44. The Balaban J connectivity index is 1.31. The lowest BCUT2D eigenvalue weighted by Crippen LogP contribution is -2.51. The maximum Gasteiger partial charge on any atom is 0.270 e. The maximum atomic E-state index is 12.7. The van der Waals surface area contributed by atoms with Crippen molar-refractivity contribution in [3.8, 4) is 10.4 Å². The number of amides is 2. The molecule has 4 rings (SSSR count). The summed E-state index contributed by atoms with van der Waals surface area (Å²) in [5.74, 6) is -0.0614. The molecule has 0 atom stereocenters. The molecule has 0 N–H and O–H groups in total. The Morgan fingerprint density at radius 3 is 2.50 bits per heavy atom. The summed E-state index contributed by atoms with van der Waals surface area (Å²) in [7, 11) is 1.61. The summed E-state index contributed by atoms with van der Waals surface area (Å²) in [6.45, 7) is 4.02. The molecule has 6 nitrogen and oxygen atoms in total. The van der Waals surface area contributed by atoms with Gasteiger partial charge in [-0.25, -0.2) is 5.01 Å². The Bertz CT molecular complexity index is 885. The molecule has 2 aromatic rings. The Labute approximate surface area is 169 Å². The van der Waals surface area contributed by atoms with E-state index < -0.39 is 0 Å². The lowest BCUT2D eigenvalue weighted by Gasteiger charge is -2.35. The van der Waals surface area contributed by atoms with E-state index in [-0.39, 0.29) is 11.8 Å². The molecule has 0 saturated carbocycles. The molecule has 2 amide bonds. The van der Waals surface area contributed by atoms with Crippen molar-refractivity contribution in [2.45, 2.75) is 19.4 Å². The van der Waals surface area contributed by atoms with Gasteiger partial charge in [0.15, 0.2) is 0 Å². The first-order chi connectivity index (χ1) is 13.6. The molecule has 146 valence electrons. The van der Waals surface area contributed by atoms with E-state index in [4.69, 9.17) is 0 Å². The summed E-state index contributed by atoms with van der Waals surface area (Å²) in [6.07, 6.45) is 0.808. The summed E-state index contributed by atoms with van der Waals surface area (Å²) in [4.78, 5) is 31.1. The van der Waals surface area contributed by atoms with Crippen LogP contribution in [-0.2, 0) is 16.1 Å². The van der Waals surface area contributed by atoms with E-state index in [1.54, 1.807) is 7.05 Å². The Morgan fingerprint density at radius 1 is 1.04 bits per heavy atom. The van der Waals surface area contributed by atoms with Crippen LogP contribution in [0.25, 0.3) is 10.4 Å². The molecule has 1 saturated heterocycles. The van der Waals surface area contributed by atoms with Crippen molar-refractivity contribution >= 4 is 28.9 Å². The third-order valence-electron chi connectivity index (χ3n) is 5.21. The molecular formula is C21H24N4O2S. The Kier molecular flexibility index (Phi) is 5.54. The quantitative estimate of drug-likeness (QED) is 0.798. The van der Waals surface area contributed by atoms with Crippen molar-refractivity contribution in [3.05, 3.63) is 47.3 Å². The van der Waals surface area contributed by atoms with E-state index in [0.29, 0.717) is 31.6 Å². The zero-order valence-electron chi connectivity index (χ0n) is 16.0. The van der Waals surface area contributed by atoms with Crippen LogP contribution < -0.4 is 0 Å². The van der Waals surface area contributed by atoms with Gasteiger partial charge in [-0.3, -0.25) is 14.5 Å². The number of hydrogen-bond donors (Lipinski definition) is 0. The van der Waals surface area contributed by atoms with Gasteiger partial charge in [0.05, 0.1) is 0 Å². The zero-order valence-corrected chi connectivity index (χ0v) is 16.8. The molecular weight excluding hydrogens is 372 g/mol. The molecule has 2 aliphatic heterocycles. The highest BCUT2D eigenvalue weighted by atomic mass is 32.1. The second-order valence-electron chi connectivity index (χ2n) is 7.16. The fourth-order valence-corrected chi connectivity index (χ4v) is 4.61. The first kappa shape index (κ1) is 18.8. The van der Waals surface area contributed by atoms with E-state index in [9.17, 15) is 9.59 Å². The molecule has 0 aliphatic carbocycles. The second-order valence-corrected chi connectivity index (χ2v) is 8.33. The molecule has 0 bridgehead atoms. The van der Waals surface area contributed by atoms with Crippen molar-refractivity contribution < 1.29 is 9.59 Å². The third-order valence-corrected chi connectivity index (χ3v) is 6.33. The number of carbonyl (C=O) groups excluding carboxylic acids is 2. The fraction of sp³-hybridized carbons (Fsp3) is 0.381. The van der Waals surface area contributed by atoms with Gasteiger partial charge >= 0.3 is 0 Å². The second kappa shape index (κ2) is 8.24. The lowest BCUT2D eigenvalue weighted by atomic mass is 10.1. The number of thiophene rings is 1. The van der Waals surface area contributed by atoms with Gasteiger partial charge in [-0.15, -0.1) is 11.3 Å². The number of hydrogen-bond acceptors (Lipinski definition) is 5. The average molecular weight is 397 g/mol. The van der Waals surface area contributed by atoms with Crippen molar-refractivity contribution in [2.24, 2.45) is 5.10 Å². The van der Waals surface area contributed by atoms with Crippen LogP contribution in [-0.4, -0.2) is 65.6 Å². The number of carbonyl (C=O) groups is 2. The minimum absolute atomic E-state index is 0.0264. The van der Waals surface area contributed by atoms with E-state index in [2.05, 4.69) is 46.4 Å². The fourth-order valence-electron chi connectivity index (χ4n) is 3.56. The number of hydrazone groups is 1. The highest BCUT2D eigenvalue weighted by molar-refractivity contribution is 7.15. The number of rotatable bonds is 4. The van der Waals surface area contributed by atoms with Crippen LogP contribution in [0.1, 0.15) is 17.7 Å². The van der Waals surface area contributed by atoms with Gasteiger partial charge in [-0.1, -0.05) is 30.3 Å². The lowest BCUT2D eigenvalue weighted by molar-refractivity contribution is -0.131. The zero-order chi connectivity index (χ0) is 19.5. The van der Waals surface area contributed by atoms with Crippen molar-refractivity contribution in [1.29, 1.82) is 0 Å². The van der Waals surface area contributed by atoms with Crippen LogP contribution in [0.4, 0.5) is 0 Å². The van der Waals surface area contributed by atoms with Crippen molar-refractivity contribution in [2.75, 3.05) is 33.2 Å². The smallest absolute Gasteiger partial charge is 0.270 e. The van der Waals surface area contributed by atoms with E-state index in [0.717, 1.165) is 19.6 Å². The number of piperazine rings is 1. The molecule has 1 aromatic carbocycles. The molecule has 0 spiro atoms. The normalized spacial score (nSPS) is 18.3. The van der Waals surface area contributed by atoms with Crippen LogP contribution in [0.5, 0.6) is 0 Å². The third kappa shape index (κ3) is 4.15. The predicted octanol–water partition coefficient (Wildman–Crippen LogP) is 2.67. The number of nitrogens with zero attached hydrogens (tertiary/aromatic N) is 4. The largest absolute Gasteiger partial charge is 0.335 e. The van der Waals surface area contributed by atoms with Gasteiger partial charge in [0.2, 0.25) is 5.91 Å². The highest BCUT2D eigenvalue weighted by Crippen LogP contribution is 2.28. The Morgan fingerprint density at radius 2 is 1.79 bits per heavy atom. The number of benzene rings is 1. The Hall–Kier alpha value is -2.51. The molecule has 3 heterocycles. The van der Waals surface area contributed by atoms with Crippen LogP contribution in [0, 0.1) is 0 Å². The average Bonchev–Trinajstić information content (AvgIpc) is 3.19. The minimum Gasteiger partial charge on any atom is -0.335 e.